The molecule has 0 aromatic carbocycles. The number of alkyl halides is 1. The Hall–Kier alpha value is 0.300. The number of carbonyl (C=O) groups excluding carboxylic acids is 1. The third kappa shape index (κ3) is 3.03. The first-order valence-corrected chi connectivity index (χ1v) is 5.97. The molecule has 1 amide bonds. The van der Waals surface area contributed by atoms with Crippen LogP contribution in [-0.2, 0) is 4.79 Å². The molecule has 1 fully saturated rings. The summed E-state index contributed by atoms with van der Waals surface area (Å²) in [6.45, 7) is 0.746. The Kier molecular flexibility index (Phi) is 4.30. The second-order valence-electron chi connectivity index (χ2n) is 2.48. The zero-order valence-electron chi connectivity index (χ0n) is 6.31. The first-order chi connectivity index (χ1) is 5.34. The van der Waals surface area contributed by atoms with Crippen LogP contribution in [0.3, 0.4) is 0 Å². The van der Waals surface area contributed by atoms with Crippen LogP contribution in [0.5, 0.6) is 0 Å². The van der Waals surface area contributed by atoms with Crippen molar-refractivity contribution in [1.82, 2.24) is 5.32 Å². The highest BCUT2D eigenvalue weighted by Gasteiger charge is 2.22. The van der Waals surface area contributed by atoms with Gasteiger partial charge in [-0.15, -0.1) is 11.8 Å². The molecule has 1 unspecified atom stereocenters. The van der Waals surface area contributed by atoms with E-state index in [0.717, 1.165) is 24.0 Å². The molecule has 1 aliphatic heterocycles. The number of halogens is 1. The normalized spacial score (nSPS) is 23.5. The Morgan fingerprint density at radius 1 is 1.73 bits per heavy atom. The van der Waals surface area contributed by atoms with Gasteiger partial charge >= 0.3 is 0 Å². The van der Waals surface area contributed by atoms with Crippen molar-refractivity contribution in [1.29, 1.82) is 0 Å². The SMILES string of the molecule is O=C(NCCBr)C1CCCS1. The molecule has 11 heavy (non-hydrogen) atoms. The summed E-state index contributed by atoms with van der Waals surface area (Å²) in [5.41, 5.74) is 0. The van der Waals surface area contributed by atoms with E-state index >= 15 is 0 Å². The summed E-state index contributed by atoms with van der Waals surface area (Å²) in [4.78, 5) is 11.3. The summed E-state index contributed by atoms with van der Waals surface area (Å²) < 4.78 is 0. The molecule has 1 aliphatic rings. The fraction of sp³-hybridized carbons (Fsp3) is 0.857. The molecule has 0 radical (unpaired) electrons. The summed E-state index contributed by atoms with van der Waals surface area (Å²) in [7, 11) is 0. The maximum atomic E-state index is 11.3. The van der Waals surface area contributed by atoms with Gasteiger partial charge in [0.1, 0.15) is 0 Å². The standard InChI is InChI=1S/C7H12BrNOS/c8-3-4-9-7(10)6-2-1-5-11-6/h6H,1-5H2,(H,9,10). The van der Waals surface area contributed by atoms with Gasteiger partial charge in [0.15, 0.2) is 0 Å². The maximum absolute atomic E-state index is 11.3. The number of nitrogens with one attached hydrogen (secondary N) is 1. The van der Waals surface area contributed by atoms with Crippen LogP contribution in [0.1, 0.15) is 12.8 Å². The molecular weight excluding hydrogens is 226 g/mol. The smallest absolute Gasteiger partial charge is 0.233 e. The monoisotopic (exact) mass is 237 g/mol. The Morgan fingerprint density at radius 2 is 2.55 bits per heavy atom. The van der Waals surface area contributed by atoms with Gasteiger partial charge in [0.2, 0.25) is 5.91 Å². The topological polar surface area (TPSA) is 29.1 Å². The molecule has 0 bridgehead atoms. The number of carbonyl (C=O) groups is 1. The molecule has 1 heterocycles. The second kappa shape index (κ2) is 5.04. The van der Waals surface area contributed by atoms with Crippen molar-refractivity contribution in [2.75, 3.05) is 17.6 Å². The Bertz CT molecular complexity index is 136. The van der Waals surface area contributed by atoms with Crippen LogP contribution < -0.4 is 5.32 Å². The van der Waals surface area contributed by atoms with Crippen LogP contribution in [0, 0.1) is 0 Å². The van der Waals surface area contributed by atoms with E-state index in [4.69, 9.17) is 0 Å². The van der Waals surface area contributed by atoms with E-state index in [1.54, 1.807) is 11.8 Å². The molecule has 1 saturated heterocycles. The fourth-order valence-corrected chi connectivity index (χ4v) is 2.45. The lowest BCUT2D eigenvalue weighted by Crippen LogP contribution is -2.32. The molecule has 4 heteroatoms. The van der Waals surface area contributed by atoms with E-state index in [1.807, 2.05) is 0 Å². The first kappa shape index (κ1) is 9.39. The zero-order chi connectivity index (χ0) is 8.10. The van der Waals surface area contributed by atoms with Gasteiger partial charge in [0.25, 0.3) is 0 Å². The average Bonchev–Trinajstić information content (AvgIpc) is 2.52. The largest absolute Gasteiger partial charge is 0.354 e. The van der Waals surface area contributed by atoms with Crippen LogP contribution in [0.15, 0.2) is 0 Å². The predicted molar refractivity (Wildman–Crippen MR) is 52.3 cm³/mol. The summed E-state index contributed by atoms with van der Waals surface area (Å²) >= 11 is 5.04. The minimum Gasteiger partial charge on any atom is -0.354 e. The van der Waals surface area contributed by atoms with E-state index in [9.17, 15) is 4.79 Å². The van der Waals surface area contributed by atoms with E-state index in [-0.39, 0.29) is 11.2 Å². The van der Waals surface area contributed by atoms with Crippen LogP contribution in [0.2, 0.25) is 0 Å². The number of hydrogen-bond acceptors (Lipinski definition) is 2. The van der Waals surface area contributed by atoms with Gasteiger partial charge in [-0.1, -0.05) is 15.9 Å². The van der Waals surface area contributed by atoms with Gasteiger partial charge in [-0.25, -0.2) is 0 Å². The molecule has 2 nitrogen and oxygen atoms in total. The van der Waals surface area contributed by atoms with Gasteiger partial charge in [0.05, 0.1) is 5.25 Å². The van der Waals surface area contributed by atoms with Gasteiger partial charge in [0, 0.05) is 11.9 Å². The van der Waals surface area contributed by atoms with Crippen molar-refractivity contribution in [2.45, 2.75) is 18.1 Å². The number of amides is 1. The van der Waals surface area contributed by atoms with Crippen molar-refractivity contribution in [2.24, 2.45) is 0 Å². The predicted octanol–water partition coefficient (Wildman–Crippen LogP) is 1.39. The molecule has 0 spiro atoms. The minimum atomic E-state index is 0.215. The summed E-state index contributed by atoms with van der Waals surface area (Å²) in [5.74, 6) is 1.36. The fourth-order valence-electron chi connectivity index (χ4n) is 1.07. The van der Waals surface area contributed by atoms with Crippen LogP contribution >= 0.6 is 27.7 Å². The Labute approximate surface area is 79.6 Å². The minimum absolute atomic E-state index is 0.215. The highest BCUT2D eigenvalue weighted by Crippen LogP contribution is 2.25. The molecule has 0 aromatic rings. The molecule has 1 rings (SSSR count). The molecule has 64 valence electrons. The summed E-state index contributed by atoms with van der Waals surface area (Å²) in [6.07, 6.45) is 2.25. The molecule has 1 atom stereocenters. The average molecular weight is 238 g/mol. The highest BCUT2D eigenvalue weighted by atomic mass is 79.9. The number of thioether (sulfide) groups is 1. The van der Waals surface area contributed by atoms with E-state index in [2.05, 4.69) is 21.2 Å². The van der Waals surface area contributed by atoms with Gasteiger partial charge in [-0.2, -0.15) is 0 Å². The third-order valence-electron chi connectivity index (χ3n) is 1.62. The maximum Gasteiger partial charge on any atom is 0.233 e. The third-order valence-corrected chi connectivity index (χ3v) is 3.39. The first-order valence-electron chi connectivity index (χ1n) is 3.80. The van der Waals surface area contributed by atoms with E-state index in [1.165, 1.54) is 6.42 Å². The van der Waals surface area contributed by atoms with E-state index in [0.29, 0.717) is 0 Å². The van der Waals surface area contributed by atoms with Crippen molar-refractivity contribution in [3.05, 3.63) is 0 Å². The van der Waals surface area contributed by atoms with Crippen molar-refractivity contribution < 1.29 is 4.79 Å². The molecule has 1 N–H and O–H groups in total. The van der Waals surface area contributed by atoms with Gasteiger partial charge in [-0.05, 0) is 18.6 Å². The number of rotatable bonds is 3. The molecule has 0 aromatic heterocycles. The lowest BCUT2D eigenvalue weighted by molar-refractivity contribution is -0.120. The van der Waals surface area contributed by atoms with Gasteiger partial charge in [-0.3, -0.25) is 4.79 Å². The lowest BCUT2D eigenvalue weighted by Gasteiger charge is -2.07. The summed E-state index contributed by atoms with van der Waals surface area (Å²) in [5, 5.41) is 3.94. The van der Waals surface area contributed by atoms with Crippen LogP contribution in [-0.4, -0.2) is 28.8 Å². The van der Waals surface area contributed by atoms with Crippen LogP contribution in [0.4, 0.5) is 0 Å². The Balaban J connectivity index is 2.17. The number of hydrogen-bond donors (Lipinski definition) is 1. The lowest BCUT2D eigenvalue weighted by atomic mass is 10.2. The molecular formula is C7H12BrNOS. The molecule has 0 saturated carbocycles. The van der Waals surface area contributed by atoms with Gasteiger partial charge < -0.3 is 5.32 Å². The Morgan fingerprint density at radius 3 is 3.09 bits per heavy atom. The second-order valence-corrected chi connectivity index (χ2v) is 4.59. The van der Waals surface area contributed by atoms with Crippen molar-refractivity contribution >= 4 is 33.6 Å². The molecule has 0 aliphatic carbocycles. The highest BCUT2D eigenvalue weighted by molar-refractivity contribution is 9.09. The quantitative estimate of drug-likeness (QED) is 0.753. The summed E-state index contributed by atoms with van der Waals surface area (Å²) in [6, 6.07) is 0. The zero-order valence-corrected chi connectivity index (χ0v) is 8.71. The van der Waals surface area contributed by atoms with Crippen molar-refractivity contribution in [3.63, 3.8) is 0 Å². The van der Waals surface area contributed by atoms with Crippen molar-refractivity contribution in [3.8, 4) is 0 Å². The van der Waals surface area contributed by atoms with E-state index < -0.39 is 0 Å². The van der Waals surface area contributed by atoms with Crippen LogP contribution in [0.25, 0.3) is 0 Å².